The van der Waals surface area contributed by atoms with Crippen molar-refractivity contribution in [3.8, 4) is 0 Å². The van der Waals surface area contributed by atoms with E-state index in [1.165, 1.54) is 22.9 Å². The molecule has 0 fully saturated rings. The molecule has 4 nitrogen and oxygen atoms in total. The van der Waals surface area contributed by atoms with Crippen LogP contribution in [0.2, 0.25) is 0 Å². The smallest absolute Gasteiger partial charge is 0.208 e. The largest absolute Gasteiger partial charge is 0.344 e. The fourth-order valence-electron chi connectivity index (χ4n) is 2.20. The van der Waals surface area contributed by atoms with E-state index in [-0.39, 0.29) is 0 Å². The maximum Gasteiger partial charge on any atom is 0.208 e. The van der Waals surface area contributed by atoms with Gasteiger partial charge in [0.15, 0.2) is 0 Å². The van der Waals surface area contributed by atoms with Crippen molar-refractivity contribution in [3.05, 3.63) is 34.4 Å². The number of nitrogens with zero attached hydrogens (tertiary/aromatic N) is 1. The molecule has 0 aliphatic rings. The van der Waals surface area contributed by atoms with E-state index in [4.69, 9.17) is 0 Å². The fraction of sp³-hybridized carbons (Fsp3) is 0.385. The summed E-state index contributed by atoms with van der Waals surface area (Å²) in [6.07, 6.45) is 1.94. The number of hydrogen-bond donors (Lipinski definition) is 1. The van der Waals surface area contributed by atoms with E-state index in [0.29, 0.717) is 6.54 Å². The van der Waals surface area contributed by atoms with Gasteiger partial charge in [0, 0.05) is 28.6 Å². The summed E-state index contributed by atoms with van der Waals surface area (Å²) >= 11 is 3.57. The molecule has 2 aromatic rings. The number of halogens is 1. The minimum absolute atomic E-state index is 0.461. The minimum Gasteiger partial charge on any atom is -0.344 e. The van der Waals surface area contributed by atoms with Crippen LogP contribution >= 0.6 is 15.9 Å². The second kappa shape index (κ2) is 5.64. The van der Waals surface area contributed by atoms with Gasteiger partial charge < -0.3 is 4.57 Å². The maximum absolute atomic E-state index is 11.0. The number of para-hydroxylation sites is 1. The number of sulfonamides is 1. The highest BCUT2D eigenvalue weighted by Gasteiger charge is 2.08. The summed E-state index contributed by atoms with van der Waals surface area (Å²) in [5.41, 5.74) is 2.35. The van der Waals surface area contributed by atoms with Gasteiger partial charge in [-0.25, -0.2) is 13.1 Å². The summed E-state index contributed by atoms with van der Waals surface area (Å²) in [4.78, 5) is 0. The van der Waals surface area contributed by atoms with Crippen molar-refractivity contribution in [1.29, 1.82) is 0 Å². The maximum atomic E-state index is 11.0. The zero-order chi connectivity index (χ0) is 14.0. The molecule has 0 radical (unpaired) electrons. The molecule has 0 saturated heterocycles. The standard InChI is InChI=1S/C13H17BrN2O2S/c1-10-9-11-5-3-6-12(14)13(11)16(10)8-4-7-15-19(2,17)18/h3,5-6,9,15H,4,7-8H2,1-2H3. The quantitative estimate of drug-likeness (QED) is 0.847. The van der Waals surface area contributed by atoms with Crippen LogP contribution in [0.15, 0.2) is 28.7 Å². The number of aryl methyl sites for hydroxylation is 2. The Morgan fingerprint density at radius 3 is 2.79 bits per heavy atom. The van der Waals surface area contributed by atoms with Gasteiger partial charge in [0.1, 0.15) is 0 Å². The van der Waals surface area contributed by atoms with E-state index in [9.17, 15) is 8.42 Å². The molecule has 1 heterocycles. The van der Waals surface area contributed by atoms with Gasteiger partial charge in [-0.3, -0.25) is 0 Å². The van der Waals surface area contributed by atoms with E-state index in [1.54, 1.807) is 0 Å². The summed E-state index contributed by atoms with van der Waals surface area (Å²) in [6, 6.07) is 8.26. The first-order valence-electron chi connectivity index (χ1n) is 6.07. The molecule has 0 unspecified atom stereocenters. The van der Waals surface area contributed by atoms with Crippen LogP contribution in [0.25, 0.3) is 10.9 Å². The molecule has 2 rings (SSSR count). The molecule has 0 atom stereocenters. The third-order valence-electron chi connectivity index (χ3n) is 3.00. The van der Waals surface area contributed by atoms with Crippen LogP contribution in [-0.4, -0.2) is 25.8 Å². The number of hydrogen-bond acceptors (Lipinski definition) is 2. The second-order valence-corrected chi connectivity index (χ2v) is 7.32. The van der Waals surface area contributed by atoms with E-state index >= 15 is 0 Å². The molecule has 0 aliphatic carbocycles. The van der Waals surface area contributed by atoms with Crippen LogP contribution in [-0.2, 0) is 16.6 Å². The van der Waals surface area contributed by atoms with E-state index < -0.39 is 10.0 Å². The molecule has 1 aromatic carbocycles. The fourth-order valence-corrected chi connectivity index (χ4v) is 3.31. The first-order valence-corrected chi connectivity index (χ1v) is 8.76. The zero-order valence-electron chi connectivity index (χ0n) is 11.0. The lowest BCUT2D eigenvalue weighted by Gasteiger charge is -2.09. The van der Waals surface area contributed by atoms with E-state index in [2.05, 4.69) is 44.3 Å². The van der Waals surface area contributed by atoms with Gasteiger partial charge in [-0.1, -0.05) is 12.1 Å². The molecule has 0 aliphatic heterocycles. The van der Waals surface area contributed by atoms with Crippen molar-refractivity contribution in [1.82, 2.24) is 9.29 Å². The molecule has 0 bridgehead atoms. The Kier molecular flexibility index (Phi) is 4.32. The molecule has 0 saturated carbocycles. The number of rotatable bonds is 5. The summed E-state index contributed by atoms with van der Waals surface area (Å²) in [5.74, 6) is 0. The molecular formula is C13H17BrN2O2S. The Bertz CT molecular complexity index is 692. The average molecular weight is 345 g/mol. The highest BCUT2D eigenvalue weighted by molar-refractivity contribution is 9.10. The SMILES string of the molecule is Cc1cc2cccc(Br)c2n1CCCNS(C)(=O)=O. The van der Waals surface area contributed by atoms with Crippen molar-refractivity contribution < 1.29 is 8.42 Å². The number of nitrogens with one attached hydrogen (secondary N) is 1. The molecule has 6 heteroatoms. The minimum atomic E-state index is -3.09. The molecule has 1 N–H and O–H groups in total. The van der Waals surface area contributed by atoms with Gasteiger partial charge in [-0.2, -0.15) is 0 Å². The van der Waals surface area contributed by atoms with Crippen molar-refractivity contribution in [2.45, 2.75) is 19.9 Å². The lowest BCUT2D eigenvalue weighted by atomic mass is 10.2. The third-order valence-corrected chi connectivity index (χ3v) is 4.37. The lowest BCUT2D eigenvalue weighted by Crippen LogP contribution is -2.23. The first kappa shape index (κ1) is 14.6. The van der Waals surface area contributed by atoms with Gasteiger partial charge >= 0.3 is 0 Å². The summed E-state index contributed by atoms with van der Waals surface area (Å²) in [6.45, 7) is 3.32. The lowest BCUT2D eigenvalue weighted by molar-refractivity contribution is 0.576. The zero-order valence-corrected chi connectivity index (χ0v) is 13.4. The van der Waals surface area contributed by atoms with Crippen molar-refractivity contribution in [2.75, 3.05) is 12.8 Å². The number of benzene rings is 1. The van der Waals surface area contributed by atoms with E-state index in [1.807, 2.05) is 12.1 Å². The van der Waals surface area contributed by atoms with Crippen LogP contribution in [0.3, 0.4) is 0 Å². The topological polar surface area (TPSA) is 51.1 Å². The molecule has 1 aromatic heterocycles. The van der Waals surface area contributed by atoms with Gasteiger partial charge in [0.25, 0.3) is 0 Å². The normalized spacial score (nSPS) is 12.2. The van der Waals surface area contributed by atoms with Gasteiger partial charge in [-0.15, -0.1) is 0 Å². The second-order valence-electron chi connectivity index (χ2n) is 4.64. The van der Waals surface area contributed by atoms with Gasteiger partial charge in [0.2, 0.25) is 10.0 Å². The molecule has 19 heavy (non-hydrogen) atoms. The van der Waals surface area contributed by atoms with Crippen molar-refractivity contribution in [3.63, 3.8) is 0 Å². The Morgan fingerprint density at radius 2 is 2.11 bits per heavy atom. The molecule has 0 amide bonds. The van der Waals surface area contributed by atoms with Crippen LogP contribution < -0.4 is 4.72 Å². The Labute approximate surface area is 122 Å². The van der Waals surface area contributed by atoms with Crippen LogP contribution in [0, 0.1) is 6.92 Å². The molecule has 104 valence electrons. The highest BCUT2D eigenvalue weighted by atomic mass is 79.9. The van der Waals surface area contributed by atoms with Crippen molar-refractivity contribution in [2.24, 2.45) is 0 Å². The highest BCUT2D eigenvalue weighted by Crippen LogP contribution is 2.27. The molecular weight excluding hydrogens is 328 g/mol. The predicted molar refractivity (Wildman–Crippen MR) is 81.8 cm³/mol. The van der Waals surface area contributed by atoms with Gasteiger partial charge in [0.05, 0.1) is 11.8 Å². The third kappa shape index (κ3) is 3.58. The predicted octanol–water partition coefficient (Wildman–Crippen LogP) is 2.65. The van der Waals surface area contributed by atoms with Gasteiger partial charge in [-0.05, 0) is 41.4 Å². The first-order chi connectivity index (χ1) is 8.88. The summed E-state index contributed by atoms with van der Waals surface area (Å²) in [7, 11) is -3.09. The van der Waals surface area contributed by atoms with Crippen LogP contribution in [0.1, 0.15) is 12.1 Å². The average Bonchev–Trinajstić information content (AvgIpc) is 2.61. The summed E-state index contributed by atoms with van der Waals surface area (Å²) in [5, 5.41) is 1.20. The van der Waals surface area contributed by atoms with Crippen molar-refractivity contribution >= 4 is 36.9 Å². The molecule has 0 spiro atoms. The van der Waals surface area contributed by atoms with Crippen LogP contribution in [0.5, 0.6) is 0 Å². The Hall–Kier alpha value is -0.850. The Morgan fingerprint density at radius 1 is 1.37 bits per heavy atom. The monoisotopic (exact) mass is 344 g/mol. The van der Waals surface area contributed by atoms with E-state index in [0.717, 1.165) is 17.4 Å². The number of aromatic nitrogens is 1. The van der Waals surface area contributed by atoms with Crippen LogP contribution in [0.4, 0.5) is 0 Å². The number of fused-ring (bicyclic) bond motifs is 1. The Balaban J connectivity index is 2.14. The summed E-state index contributed by atoms with van der Waals surface area (Å²) < 4.78 is 27.8.